The van der Waals surface area contributed by atoms with Crippen molar-refractivity contribution < 1.29 is 0 Å². The zero-order valence-corrected chi connectivity index (χ0v) is 8.52. The average molecular weight is 176 g/mol. The van der Waals surface area contributed by atoms with Gasteiger partial charge in [0.25, 0.3) is 0 Å². The monoisotopic (exact) mass is 176 g/mol. The van der Waals surface area contributed by atoms with E-state index < -0.39 is 0 Å². The van der Waals surface area contributed by atoms with Gasteiger partial charge in [0.1, 0.15) is 5.84 Å². The van der Waals surface area contributed by atoms with Crippen LogP contribution in [0.4, 0.5) is 0 Å². The van der Waals surface area contributed by atoms with Crippen molar-refractivity contribution in [2.24, 2.45) is 10.7 Å². The first-order valence-corrected chi connectivity index (χ1v) is 4.36. The molecule has 70 valence electrons. The molecule has 1 aliphatic heterocycles. The highest BCUT2D eigenvalue weighted by atomic mass is 14.9. The molecule has 1 rings (SSSR count). The van der Waals surface area contributed by atoms with E-state index in [1.54, 1.807) is 0 Å². The van der Waals surface area contributed by atoms with Crippen molar-refractivity contribution >= 4 is 5.84 Å². The maximum atomic E-state index is 5.75. The zero-order chi connectivity index (χ0) is 10.0. The summed E-state index contributed by atoms with van der Waals surface area (Å²) in [5.74, 6) is 0.625. The average Bonchev–Trinajstić information content (AvgIpc) is 2.30. The maximum absolute atomic E-state index is 5.75. The van der Waals surface area contributed by atoms with Crippen molar-refractivity contribution in [3.63, 3.8) is 0 Å². The molecule has 2 heteroatoms. The molecule has 0 atom stereocenters. The molecule has 0 radical (unpaired) electrons. The predicted molar refractivity (Wildman–Crippen MR) is 57.8 cm³/mol. The van der Waals surface area contributed by atoms with E-state index in [9.17, 15) is 0 Å². The quantitative estimate of drug-likeness (QED) is 0.688. The van der Waals surface area contributed by atoms with Gasteiger partial charge >= 0.3 is 0 Å². The highest BCUT2D eigenvalue weighted by molar-refractivity contribution is 6.03. The predicted octanol–water partition coefficient (Wildman–Crippen LogP) is 2.20. The van der Waals surface area contributed by atoms with Gasteiger partial charge in [-0.2, -0.15) is 0 Å². The van der Waals surface area contributed by atoms with Crippen LogP contribution in [0.15, 0.2) is 39.9 Å². The highest BCUT2D eigenvalue weighted by Gasteiger charge is 2.15. The van der Waals surface area contributed by atoms with Gasteiger partial charge in [-0.3, -0.25) is 4.99 Å². The van der Waals surface area contributed by atoms with Crippen LogP contribution >= 0.6 is 0 Å². The molecule has 0 fully saturated rings. The van der Waals surface area contributed by atoms with Crippen molar-refractivity contribution in [3.05, 3.63) is 34.9 Å². The van der Waals surface area contributed by atoms with Gasteiger partial charge in [0.05, 0.1) is 6.54 Å². The summed E-state index contributed by atoms with van der Waals surface area (Å²) < 4.78 is 0. The van der Waals surface area contributed by atoms with Gasteiger partial charge in [-0.15, -0.1) is 0 Å². The minimum atomic E-state index is 0.625. The molecule has 0 aromatic heterocycles. The van der Waals surface area contributed by atoms with E-state index in [0.717, 1.165) is 11.1 Å². The normalized spacial score (nSPS) is 15.8. The minimum Gasteiger partial charge on any atom is -0.383 e. The third kappa shape index (κ3) is 2.08. The number of aliphatic imine (C=N–C) groups is 1. The summed E-state index contributed by atoms with van der Waals surface area (Å²) >= 11 is 0. The van der Waals surface area contributed by atoms with Crippen molar-refractivity contribution in [2.45, 2.75) is 20.8 Å². The van der Waals surface area contributed by atoms with Crippen molar-refractivity contribution in [3.8, 4) is 0 Å². The summed E-state index contributed by atoms with van der Waals surface area (Å²) in [5, 5.41) is 0. The molecule has 0 saturated carbocycles. The molecule has 0 aliphatic carbocycles. The molecule has 2 N–H and O–H groups in total. The van der Waals surface area contributed by atoms with E-state index in [-0.39, 0.29) is 0 Å². The van der Waals surface area contributed by atoms with Gasteiger partial charge in [0.15, 0.2) is 0 Å². The Balaban J connectivity index is 3.09. The Morgan fingerprint density at radius 3 is 2.54 bits per heavy atom. The van der Waals surface area contributed by atoms with Gasteiger partial charge in [-0.1, -0.05) is 18.2 Å². The van der Waals surface area contributed by atoms with E-state index in [4.69, 9.17) is 5.73 Å². The smallest absolute Gasteiger partial charge is 0.126 e. The lowest BCUT2D eigenvalue weighted by atomic mass is 10.0. The third-order valence-electron chi connectivity index (χ3n) is 1.89. The molecule has 1 aliphatic rings. The van der Waals surface area contributed by atoms with Gasteiger partial charge < -0.3 is 5.73 Å². The van der Waals surface area contributed by atoms with E-state index in [1.807, 2.05) is 6.92 Å². The fourth-order valence-corrected chi connectivity index (χ4v) is 1.45. The van der Waals surface area contributed by atoms with Gasteiger partial charge in [-0.25, -0.2) is 0 Å². The maximum Gasteiger partial charge on any atom is 0.126 e. The van der Waals surface area contributed by atoms with Crippen LogP contribution in [-0.2, 0) is 0 Å². The lowest BCUT2D eigenvalue weighted by molar-refractivity contribution is 1.19. The Labute approximate surface area is 79.5 Å². The van der Waals surface area contributed by atoms with E-state index in [1.165, 1.54) is 11.1 Å². The third-order valence-corrected chi connectivity index (χ3v) is 1.89. The minimum absolute atomic E-state index is 0.625. The molecule has 0 aromatic carbocycles. The molecule has 0 spiro atoms. The lowest BCUT2D eigenvalue weighted by Gasteiger charge is -2.03. The van der Waals surface area contributed by atoms with Crippen LogP contribution in [0, 0.1) is 0 Å². The lowest BCUT2D eigenvalue weighted by Crippen LogP contribution is -2.12. The van der Waals surface area contributed by atoms with Crippen LogP contribution in [0.3, 0.4) is 0 Å². The molecule has 1 heterocycles. The van der Waals surface area contributed by atoms with Gasteiger partial charge in [0.2, 0.25) is 0 Å². The molecular weight excluding hydrogens is 160 g/mol. The van der Waals surface area contributed by atoms with E-state index >= 15 is 0 Å². The second kappa shape index (κ2) is 3.60. The summed E-state index contributed by atoms with van der Waals surface area (Å²) in [6, 6.07) is 0. The Morgan fingerprint density at radius 2 is 2.08 bits per heavy atom. The van der Waals surface area contributed by atoms with Gasteiger partial charge in [-0.05, 0) is 31.9 Å². The van der Waals surface area contributed by atoms with Gasteiger partial charge in [0, 0.05) is 5.57 Å². The Hall–Kier alpha value is -1.31. The Bertz CT molecular complexity index is 326. The van der Waals surface area contributed by atoms with Crippen molar-refractivity contribution in [2.75, 3.05) is 6.54 Å². The number of hydrogen-bond acceptors (Lipinski definition) is 2. The first kappa shape index (κ1) is 9.78. The summed E-state index contributed by atoms with van der Waals surface area (Å²) in [4.78, 5) is 4.19. The van der Waals surface area contributed by atoms with Crippen LogP contribution in [0.25, 0.3) is 0 Å². The standard InChI is InChI=1S/C11H16N2/c1-7(2)5-9-6-13-11(12)10(9)8(3)4/h5H,3,6H2,1-2,4H3,(H2,12,13). The number of amidine groups is 1. The molecule has 13 heavy (non-hydrogen) atoms. The number of allylic oxidation sites excluding steroid dienone is 1. The fourth-order valence-electron chi connectivity index (χ4n) is 1.45. The second-order valence-electron chi connectivity index (χ2n) is 3.60. The molecule has 0 saturated heterocycles. The second-order valence-corrected chi connectivity index (χ2v) is 3.60. The fraction of sp³-hybridized carbons (Fsp3) is 0.364. The Morgan fingerprint density at radius 1 is 1.46 bits per heavy atom. The summed E-state index contributed by atoms with van der Waals surface area (Å²) in [6.45, 7) is 10.7. The van der Waals surface area contributed by atoms with Crippen molar-refractivity contribution in [1.82, 2.24) is 0 Å². The summed E-state index contributed by atoms with van der Waals surface area (Å²) in [7, 11) is 0. The summed E-state index contributed by atoms with van der Waals surface area (Å²) in [6.07, 6.45) is 2.12. The SMILES string of the molecule is C=C(C)C1=C(C=C(C)C)CN=C1N. The molecule has 0 bridgehead atoms. The van der Waals surface area contributed by atoms with Crippen molar-refractivity contribution in [1.29, 1.82) is 0 Å². The molecule has 2 nitrogen and oxygen atoms in total. The van der Waals surface area contributed by atoms with Crippen LogP contribution < -0.4 is 5.73 Å². The zero-order valence-electron chi connectivity index (χ0n) is 8.52. The topological polar surface area (TPSA) is 38.4 Å². The number of nitrogens with two attached hydrogens (primary N) is 1. The molecule has 0 unspecified atom stereocenters. The van der Waals surface area contributed by atoms with Crippen LogP contribution in [0.1, 0.15) is 20.8 Å². The van der Waals surface area contributed by atoms with Crippen LogP contribution in [0.5, 0.6) is 0 Å². The first-order chi connectivity index (χ1) is 6.02. The Kier molecular flexibility index (Phi) is 2.71. The number of rotatable bonds is 2. The molecule has 0 aromatic rings. The largest absolute Gasteiger partial charge is 0.383 e. The van der Waals surface area contributed by atoms with Crippen LogP contribution in [0.2, 0.25) is 0 Å². The molecular formula is C11H16N2. The van der Waals surface area contributed by atoms with E-state index in [2.05, 4.69) is 31.5 Å². The number of hydrogen-bond donors (Lipinski definition) is 1. The van der Waals surface area contributed by atoms with Crippen LogP contribution in [-0.4, -0.2) is 12.4 Å². The summed E-state index contributed by atoms with van der Waals surface area (Å²) in [5.41, 5.74) is 10.2. The number of nitrogens with zero attached hydrogens (tertiary/aromatic N) is 1. The highest BCUT2D eigenvalue weighted by Crippen LogP contribution is 2.21. The molecule has 0 amide bonds. The first-order valence-electron chi connectivity index (χ1n) is 4.36. The van der Waals surface area contributed by atoms with E-state index in [0.29, 0.717) is 12.4 Å².